The van der Waals surface area contributed by atoms with E-state index in [1.807, 2.05) is 48.5 Å². The molecule has 0 amide bonds. The van der Waals surface area contributed by atoms with Crippen LogP contribution < -0.4 is 4.74 Å². The Morgan fingerprint density at radius 2 is 1.87 bits per heavy atom. The van der Waals surface area contributed by atoms with Crippen LogP contribution in [0, 0.1) is 5.82 Å². The lowest BCUT2D eigenvalue weighted by molar-refractivity contribution is 0.187. The van der Waals surface area contributed by atoms with Crippen molar-refractivity contribution in [3.05, 3.63) is 89.3 Å². The summed E-state index contributed by atoms with van der Waals surface area (Å²) in [6.45, 7) is 1.51. The zero-order valence-electron chi connectivity index (χ0n) is 20.9. The average Bonchev–Trinajstić information content (AvgIpc) is 3.36. The van der Waals surface area contributed by atoms with E-state index in [9.17, 15) is 0 Å². The Morgan fingerprint density at radius 3 is 2.66 bits per heavy atom. The van der Waals surface area contributed by atoms with Gasteiger partial charge in [0.15, 0.2) is 5.82 Å². The molecule has 3 aromatic carbocycles. The van der Waals surface area contributed by atoms with E-state index in [0.717, 1.165) is 35.7 Å². The molecule has 8 heteroatoms. The Kier molecular flexibility index (Phi) is 7.15. The number of rotatable bonds is 7. The third-order valence-corrected chi connectivity index (χ3v) is 8.41. The molecule has 0 N–H and O–H groups in total. The van der Waals surface area contributed by atoms with E-state index < -0.39 is 5.82 Å². The van der Waals surface area contributed by atoms with Crippen LogP contribution in [0.5, 0.6) is 6.01 Å². The molecule has 0 unspecified atom stereocenters. The lowest BCUT2D eigenvalue weighted by Crippen LogP contribution is -2.30. The fourth-order valence-electron chi connectivity index (χ4n) is 4.95. The summed E-state index contributed by atoms with van der Waals surface area (Å²) in [5.74, 6) is 0.168. The maximum Gasteiger partial charge on any atom is 0.318 e. The highest BCUT2D eigenvalue weighted by atomic mass is 35.5. The fraction of sp³-hybridized carbons (Fsp3) is 0.233. The Hall–Kier alpha value is -3.26. The summed E-state index contributed by atoms with van der Waals surface area (Å²) in [7, 11) is 2.09. The first-order valence-electron chi connectivity index (χ1n) is 12.6. The normalized spacial score (nSPS) is 15.9. The van der Waals surface area contributed by atoms with Crippen molar-refractivity contribution in [1.82, 2.24) is 19.9 Å². The van der Waals surface area contributed by atoms with E-state index in [-0.39, 0.29) is 17.2 Å². The first-order chi connectivity index (χ1) is 18.6. The smallest absolute Gasteiger partial charge is 0.318 e. The van der Waals surface area contributed by atoms with E-state index in [4.69, 9.17) is 21.3 Å². The van der Waals surface area contributed by atoms with Crippen molar-refractivity contribution in [1.29, 1.82) is 0 Å². The molecule has 6 rings (SSSR count). The van der Waals surface area contributed by atoms with Gasteiger partial charge in [0, 0.05) is 34.0 Å². The number of pyridine rings is 1. The number of likely N-dealkylation sites (tertiary alicyclic amines) is 1. The molecule has 1 aliphatic heterocycles. The van der Waals surface area contributed by atoms with E-state index in [1.54, 1.807) is 12.3 Å². The molecule has 0 bridgehead atoms. The molecule has 38 heavy (non-hydrogen) atoms. The second kappa shape index (κ2) is 10.8. The number of ether oxygens (including phenoxy) is 1. The first kappa shape index (κ1) is 25.0. The van der Waals surface area contributed by atoms with Crippen LogP contribution in [0.3, 0.4) is 0 Å². The molecule has 3 heterocycles. The van der Waals surface area contributed by atoms with Crippen molar-refractivity contribution < 1.29 is 9.13 Å². The average molecular weight is 545 g/mol. The third kappa shape index (κ3) is 4.94. The van der Waals surface area contributed by atoms with Gasteiger partial charge >= 0.3 is 6.01 Å². The van der Waals surface area contributed by atoms with Crippen molar-refractivity contribution in [3.8, 4) is 17.3 Å². The second-order valence-corrected chi connectivity index (χ2v) is 10.9. The summed E-state index contributed by atoms with van der Waals surface area (Å²) in [5.41, 5.74) is 2.17. The van der Waals surface area contributed by atoms with Crippen LogP contribution in [0.25, 0.3) is 32.9 Å². The van der Waals surface area contributed by atoms with E-state index in [2.05, 4.69) is 34.0 Å². The minimum Gasteiger partial charge on any atom is -0.462 e. The molecule has 1 saturated heterocycles. The Labute approximate surface area is 230 Å². The summed E-state index contributed by atoms with van der Waals surface area (Å²) >= 11 is 8.07. The number of hydrogen-bond donors (Lipinski definition) is 0. The molecule has 0 aliphatic carbocycles. The van der Waals surface area contributed by atoms with Crippen molar-refractivity contribution in [3.63, 3.8) is 0 Å². The van der Waals surface area contributed by atoms with Gasteiger partial charge in [-0.25, -0.2) is 4.39 Å². The highest BCUT2D eigenvalue weighted by Gasteiger charge is 2.23. The van der Waals surface area contributed by atoms with Gasteiger partial charge in [0.1, 0.15) is 22.8 Å². The molecule has 1 fully saturated rings. The first-order valence-corrected chi connectivity index (χ1v) is 14.0. The van der Waals surface area contributed by atoms with Gasteiger partial charge in [-0.2, -0.15) is 9.97 Å². The molecule has 1 atom stereocenters. The summed E-state index contributed by atoms with van der Waals surface area (Å²) in [6, 6.07) is 21.9. The number of hydrogen-bond acceptors (Lipinski definition) is 6. The number of thioether (sulfide) groups is 1. The Bertz CT molecular complexity index is 1610. The maximum absolute atomic E-state index is 16.3. The lowest BCUT2D eigenvalue weighted by atomic mass is 10.0. The molecule has 2 aromatic heterocycles. The molecule has 5 aromatic rings. The molecule has 0 radical (unpaired) electrons. The van der Waals surface area contributed by atoms with Gasteiger partial charge in [-0.05, 0) is 43.5 Å². The number of nitrogens with zero attached hydrogens (tertiary/aromatic N) is 4. The van der Waals surface area contributed by atoms with E-state index in [1.165, 1.54) is 11.8 Å². The zero-order valence-corrected chi connectivity index (χ0v) is 22.5. The maximum atomic E-state index is 16.3. The van der Waals surface area contributed by atoms with Crippen molar-refractivity contribution in [2.24, 2.45) is 0 Å². The lowest BCUT2D eigenvalue weighted by Gasteiger charge is -2.19. The summed E-state index contributed by atoms with van der Waals surface area (Å²) in [5, 5.41) is 3.43. The predicted octanol–water partition coefficient (Wildman–Crippen LogP) is 7.40. The van der Waals surface area contributed by atoms with Crippen molar-refractivity contribution >= 4 is 45.0 Å². The van der Waals surface area contributed by atoms with E-state index in [0.29, 0.717) is 39.4 Å². The Balaban J connectivity index is 1.44. The molecule has 5 nitrogen and oxygen atoms in total. The largest absolute Gasteiger partial charge is 0.462 e. The van der Waals surface area contributed by atoms with Gasteiger partial charge in [0.05, 0.1) is 5.39 Å². The van der Waals surface area contributed by atoms with Gasteiger partial charge in [0.25, 0.3) is 0 Å². The number of likely N-dealkylation sites (N-methyl/N-ethyl adjacent to an activating group) is 1. The SMILES string of the molecule is CN1CCC[C@H]1COc1nc(SCc2ccccc2)c2cnc(-c3cccc4cccc(Cl)c34)c(F)c2n1. The topological polar surface area (TPSA) is 51.1 Å². The Morgan fingerprint density at radius 1 is 1.05 bits per heavy atom. The summed E-state index contributed by atoms with van der Waals surface area (Å²) in [4.78, 5) is 16.1. The summed E-state index contributed by atoms with van der Waals surface area (Å²) < 4.78 is 22.3. The van der Waals surface area contributed by atoms with Crippen LogP contribution in [0.15, 0.2) is 78.0 Å². The molecular weight excluding hydrogens is 519 g/mol. The molecular formula is C30H26ClFN4OS. The van der Waals surface area contributed by atoms with Crippen LogP contribution >= 0.6 is 23.4 Å². The van der Waals surface area contributed by atoms with Crippen LogP contribution in [0.4, 0.5) is 4.39 Å². The minimum absolute atomic E-state index is 0.181. The van der Waals surface area contributed by atoms with Gasteiger partial charge < -0.3 is 9.64 Å². The van der Waals surface area contributed by atoms with Crippen LogP contribution in [-0.2, 0) is 5.75 Å². The monoisotopic (exact) mass is 544 g/mol. The van der Waals surface area contributed by atoms with Crippen molar-refractivity contribution in [2.75, 3.05) is 20.2 Å². The van der Waals surface area contributed by atoms with Gasteiger partial charge in [-0.1, -0.05) is 72.3 Å². The highest BCUT2D eigenvalue weighted by Crippen LogP contribution is 2.37. The molecule has 0 saturated carbocycles. The second-order valence-electron chi connectivity index (χ2n) is 9.50. The fourth-order valence-corrected chi connectivity index (χ4v) is 6.18. The molecule has 192 valence electrons. The number of benzene rings is 3. The molecule has 1 aliphatic rings. The van der Waals surface area contributed by atoms with Crippen molar-refractivity contribution in [2.45, 2.75) is 29.7 Å². The van der Waals surface area contributed by atoms with Crippen LogP contribution in [-0.4, -0.2) is 46.1 Å². The quantitative estimate of drug-likeness (QED) is 0.157. The minimum atomic E-state index is -0.512. The third-order valence-electron chi connectivity index (χ3n) is 7.03. The van der Waals surface area contributed by atoms with Gasteiger partial charge in [-0.15, -0.1) is 11.8 Å². The zero-order chi connectivity index (χ0) is 26.1. The highest BCUT2D eigenvalue weighted by molar-refractivity contribution is 7.98. The number of aromatic nitrogens is 3. The van der Waals surface area contributed by atoms with E-state index >= 15 is 4.39 Å². The number of fused-ring (bicyclic) bond motifs is 2. The number of halogens is 2. The predicted molar refractivity (Wildman–Crippen MR) is 152 cm³/mol. The van der Waals surface area contributed by atoms with Crippen LogP contribution in [0.2, 0.25) is 5.02 Å². The standard InChI is InChI=1S/C30H26ClFN4OS/c1-36-15-7-12-21(36)17-37-30-34-28-23(29(35-30)38-18-19-8-3-2-4-9-19)16-33-27(26(28)32)22-13-5-10-20-11-6-14-24(31)25(20)22/h2-6,8-11,13-14,16,21H,7,12,15,17-18H2,1H3/t21-/m0/s1. The van der Waals surface area contributed by atoms with Crippen LogP contribution in [0.1, 0.15) is 18.4 Å². The molecule has 0 spiro atoms. The van der Waals surface area contributed by atoms with Gasteiger partial charge in [0.2, 0.25) is 0 Å². The van der Waals surface area contributed by atoms with Gasteiger partial charge in [-0.3, -0.25) is 4.98 Å². The summed E-state index contributed by atoms with van der Waals surface area (Å²) in [6.07, 6.45) is 3.85.